The van der Waals surface area contributed by atoms with Crippen LogP contribution in [0.1, 0.15) is 20.8 Å². The molecule has 68 valence electrons. The van der Waals surface area contributed by atoms with Gasteiger partial charge in [-0.1, -0.05) is 0 Å². The van der Waals surface area contributed by atoms with Crippen LogP contribution in [0.15, 0.2) is 0 Å². The van der Waals surface area contributed by atoms with E-state index in [4.69, 9.17) is 9.88 Å². The lowest BCUT2D eigenvalue weighted by atomic mass is 10.3. The fourth-order valence-corrected chi connectivity index (χ4v) is 1.28. The molecule has 0 amide bonds. The highest BCUT2D eigenvalue weighted by Gasteiger charge is 2.22. The van der Waals surface area contributed by atoms with Crippen LogP contribution in [0.3, 0.4) is 0 Å². The highest BCUT2D eigenvalue weighted by atomic mass is 32.2. The predicted molar refractivity (Wildman–Crippen MR) is 43.7 cm³/mol. The van der Waals surface area contributed by atoms with Gasteiger partial charge in [-0.15, -0.1) is 0 Å². The van der Waals surface area contributed by atoms with Gasteiger partial charge >= 0.3 is 0 Å². The zero-order valence-electron chi connectivity index (χ0n) is 7.07. The van der Waals surface area contributed by atoms with Crippen LogP contribution in [0.4, 0.5) is 0 Å². The van der Waals surface area contributed by atoms with Crippen molar-refractivity contribution in [3.8, 4) is 0 Å². The Bertz CT molecular complexity index is 200. The summed E-state index contributed by atoms with van der Waals surface area (Å²) in [6.45, 7) is 5.54. The second-order valence-electron chi connectivity index (χ2n) is 2.45. The van der Waals surface area contributed by atoms with Gasteiger partial charge in [-0.2, -0.15) is 0 Å². The van der Waals surface area contributed by atoms with Crippen LogP contribution in [0.25, 0.3) is 0 Å². The van der Waals surface area contributed by atoms with Crippen LogP contribution < -0.4 is 5.14 Å². The van der Waals surface area contributed by atoms with Crippen LogP contribution in [0.2, 0.25) is 0 Å². The molecular formula is C6H15NO3S. The van der Waals surface area contributed by atoms with Crippen molar-refractivity contribution in [2.24, 2.45) is 5.14 Å². The molecule has 0 saturated carbocycles. The molecule has 2 atom stereocenters. The molecule has 0 aromatic rings. The number of primary sulfonamides is 1. The quantitative estimate of drug-likeness (QED) is 0.668. The first-order chi connectivity index (χ1) is 4.89. The minimum absolute atomic E-state index is 0.338. The molecule has 0 aromatic heterocycles. The molecule has 0 saturated heterocycles. The third kappa shape index (κ3) is 3.69. The summed E-state index contributed by atoms with van der Waals surface area (Å²) in [5.74, 6) is 0. The minimum atomic E-state index is -3.45. The Hall–Kier alpha value is -0.130. The number of hydrogen-bond acceptors (Lipinski definition) is 3. The molecule has 0 fully saturated rings. The number of nitrogens with two attached hydrogens (primary N) is 1. The van der Waals surface area contributed by atoms with Crippen molar-refractivity contribution >= 4 is 10.0 Å². The normalized spacial score (nSPS) is 17.8. The molecule has 0 aliphatic rings. The van der Waals surface area contributed by atoms with E-state index < -0.39 is 15.3 Å². The van der Waals surface area contributed by atoms with E-state index in [1.807, 2.05) is 6.92 Å². The summed E-state index contributed by atoms with van der Waals surface area (Å²) >= 11 is 0. The molecule has 0 unspecified atom stereocenters. The summed E-state index contributed by atoms with van der Waals surface area (Å²) in [6.07, 6.45) is -0.338. The van der Waals surface area contributed by atoms with Crippen LogP contribution in [-0.2, 0) is 14.8 Å². The van der Waals surface area contributed by atoms with Gasteiger partial charge in [0.15, 0.2) is 0 Å². The zero-order valence-corrected chi connectivity index (χ0v) is 7.89. The smallest absolute Gasteiger partial charge is 0.214 e. The van der Waals surface area contributed by atoms with E-state index in [0.29, 0.717) is 6.61 Å². The maximum Gasteiger partial charge on any atom is 0.214 e. The summed E-state index contributed by atoms with van der Waals surface area (Å²) in [4.78, 5) is 0. The van der Waals surface area contributed by atoms with Gasteiger partial charge in [0.25, 0.3) is 0 Å². The van der Waals surface area contributed by atoms with Crippen LogP contribution in [0, 0.1) is 0 Å². The molecule has 0 rings (SSSR count). The van der Waals surface area contributed by atoms with Crippen LogP contribution in [-0.4, -0.2) is 26.4 Å². The molecule has 0 radical (unpaired) electrons. The average molecular weight is 181 g/mol. The molecule has 11 heavy (non-hydrogen) atoms. The molecule has 0 aliphatic heterocycles. The third-order valence-electron chi connectivity index (χ3n) is 1.61. The van der Waals surface area contributed by atoms with Gasteiger partial charge in [-0.3, -0.25) is 0 Å². The molecule has 0 bridgehead atoms. The molecule has 0 spiro atoms. The van der Waals surface area contributed by atoms with Crippen molar-refractivity contribution < 1.29 is 13.2 Å². The van der Waals surface area contributed by atoms with Crippen molar-refractivity contribution in [1.82, 2.24) is 0 Å². The van der Waals surface area contributed by atoms with E-state index >= 15 is 0 Å². The van der Waals surface area contributed by atoms with Crippen molar-refractivity contribution in [3.63, 3.8) is 0 Å². The summed E-state index contributed by atoms with van der Waals surface area (Å²) in [6, 6.07) is 0. The topological polar surface area (TPSA) is 69.4 Å². The lowest BCUT2D eigenvalue weighted by Crippen LogP contribution is -2.36. The van der Waals surface area contributed by atoms with E-state index in [0.717, 1.165) is 0 Å². The van der Waals surface area contributed by atoms with E-state index in [1.165, 1.54) is 6.92 Å². The maximum atomic E-state index is 10.7. The Balaban J connectivity index is 4.14. The van der Waals surface area contributed by atoms with Crippen molar-refractivity contribution in [2.75, 3.05) is 6.61 Å². The van der Waals surface area contributed by atoms with E-state index in [9.17, 15) is 8.42 Å². The summed E-state index contributed by atoms with van der Waals surface area (Å²) in [7, 11) is -3.45. The van der Waals surface area contributed by atoms with Gasteiger partial charge in [0.1, 0.15) is 0 Å². The first-order valence-electron chi connectivity index (χ1n) is 3.52. The third-order valence-corrected chi connectivity index (χ3v) is 3.03. The second kappa shape index (κ2) is 4.04. The fraction of sp³-hybridized carbons (Fsp3) is 1.00. The Morgan fingerprint density at radius 1 is 1.45 bits per heavy atom. The molecule has 2 N–H and O–H groups in total. The van der Waals surface area contributed by atoms with E-state index in [1.54, 1.807) is 6.92 Å². The Morgan fingerprint density at radius 3 is 2.18 bits per heavy atom. The molecule has 0 aromatic carbocycles. The van der Waals surface area contributed by atoms with E-state index in [-0.39, 0.29) is 6.10 Å². The largest absolute Gasteiger partial charge is 0.377 e. The van der Waals surface area contributed by atoms with Crippen molar-refractivity contribution in [2.45, 2.75) is 32.1 Å². The fourth-order valence-electron chi connectivity index (χ4n) is 0.666. The monoisotopic (exact) mass is 181 g/mol. The molecule has 0 aliphatic carbocycles. The summed E-state index contributed by atoms with van der Waals surface area (Å²) in [5, 5.41) is 4.27. The van der Waals surface area contributed by atoms with Crippen LogP contribution in [0.5, 0.6) is 0 Å². The maximum absolute atomic E-state index is 10.7. The van der Waals surface area contributed by atoms with Gasteiger partial charge in [-0.25, -0.2) is 13.6 Å². The second-order valence-corrected chi connectivity index (χ2v) is 4.38. The zero-order chi connectivity index (χ0) is 9.07. The SMILES string of the molecule is CCO[C@@H](C)[C@H](C)S(N)(=O)=O. The van der Waals surface area contributed by atoms with Crippen LogP contribution >= 0.6 is 0 Å². The Morgan fingerprint density at radius 2 is 1.91 bits per heavy atom. The highest BCUT2D eigenvalue weighted by Crippen LogP contribution is 2.04. The van der Waals surface area contributed by atoms with Gasteiger partial charge in [-0.05, 0) is 20.8 Å². The standard InChI is InChI=1S/C6H15NO3S/c1-4-10-5(2)6(3)11(7,8)9/h5-6H,4H2,1-3H3,(H2,7,8,9)/t5-,6-/m0/s1. The Labute approximate surface area is 67.8 Å². The van der Waals surface area contributed by atoms with Gasteiger partial charge in [0.2, 0.25) is 10.0 Å². The first kappa shape index (κ1) is 10.9. The first-order valence-corrected chi connectivity index (χ1v) is 5.13. The number of ether oxygens (including phenoxy) is 1. The molecule has 4 nitrogen and oxygen atoms in total. The van der Waals surface area contributed by atoms with Gasteiger partial charge < -0.3 is 4.74 Å². The summed E-state index contributed by atoms with van der Waals surface area (Å²) < 4.78 is 26.6. The average Bonchev–Trinajstić information content (AvgIpc) is 1.85. The number of sulfonamides is 1. The molecule has 5 heteroatoms. The highest BCUT2D eigenvalue weighted by molar-refractivity contribution is 7.89. The number of hydrogen-bond donors (Lipinski definition) is 1. The van der Waals surface area contributed by atoms with Crippen molar-refractivity contribution in [1.29, 1.82) is 0 Å². The lowest BCUT2D eigenvalue weighted by molar-refractivity contribution is 0.0760. The Kier molecular flexibility index (Phi) is 3.99. The predicted octanol–water partition coefficient (Wildman–Crippen LogP) is 0.0884. The minimum Gasteiger partial charge on any atom is -0.377 e. The van der Waals surface area contributed by atoms with Gasteiger partial charge in [0.05, 0.1) is 11.4 Å². The lowest BCUT2D eigenvalue weighted by Gasteiger charge is -2.17. The van der Waals surface area contributed by atoms with E-state index in [2.05, 4.69) is 0 Å². The van der Waals surface area contributed by atoms with Gasteiger partial charge in [0, 0.05) is 6.61 Å². The summed E-state index contributed by atoms with van der Waals surface area (Å²) in [5.41, 5.74) is 0. The molecule has 0 heterocycles. The molecular weight excluding hydrogens is 166 g/mol. The van der Waals surface area contributed by atoms with Crippen molar-refractivity contribution in [3.05, 3.63) is 0 Å². The number of rotatable bonds is 4.